The third-order valence-electron chi connectivity index (χ3n) is 7.23. The fraction of sp³-hybridized carbons (Fsp3) is 1.00. The van der Waals surface area contributed by atoms with Crippen molar-refractivity contribution in [2.24, 2.45) is 11.8 Å². The summed E-state index contributed by atoms with van der Waals surface area (Å²) >= 11 is 0. The zero-order valence-electron chi connectivity index (χ0n) is 21.7. The van der Waals surface area contributed by atoms with Crippen LogP contribution < -0.4 is 0 Å². The summed E-state index contributed by atoms with van der Waals surface area (Å²) in [5.41, 5.74) is 0. The molecular formula is C29H60O. The molecule has 0 saturated carbocycles. The molecule has 0 spiro atoms. The summed E-state index contributed by atoms with van der Waals surface area (Å²) in [6.07, 6.45) is 31.2. The van der Waals surface area contributed by atoms with E-state index in [-0.39, 0.29) is 6.10 Å². The minimum absolute atomic E-state index is 0.138. The quantitative estimate of drug-likeness (QED) is 0.153. The first kappa shape index (κ1) is 30.0. The molecule has 1 nitrogen and oxygen atoms in total. The Balaban J connectivity index is 3.19. The van der Waals surface area contributed by atoms with Crippen LogP contribution in [0.3, 0.4) is 0 Å². The van der Waals surface area contributed by atoms with Gasteiger partial charge in [-0.2, -0.15) is 0 Å². The molecule has 0 aliphatic rings. The molecule has 0 aromatic rings. The molecule has 0 rings (SSSR count). The second-order valence-electron chi connectivity index (χ2n) is 10.6. The van der Waals surface area contributed by atoms with Crippen LogP contribution in [0.2, 0.25) is 0 Å². The van der Waals surface area contributed by atoms with E-state index in [9.17, 15) is 5.11 Å². The van der Waals surface area contributed by atoms with Crippen molar-refractivity contribution in [3.8, 4) is 0 Å². The topological polar surface area (TPSA) is 20.2 Å². The van der Waals surface area contributed by atoms with Gasteiger partial charge in [0.1, 0.15) is 0 Å². The van der Waals surface area contributed by atoms with Crippen LogP contribution in [0.25, 0.3) is 0 Å². The fourth-order valence-corrected chi connectivity index (χ4v) is 4.56. The van der Waals surface area contributed by atoms with Crippen molar-refractivity contribution in [3.63, 3.8) is 0 Å². The molecule has 182 valence electrons. The summed E-state index contributed by atoms with van der Waals surface area (Å²) in [5, 5.41) is 9.52. The van der Waals surface area contributed by atoms with E-state index in [0.717, 1.165) is 5.92 Å². The third kappa shape index (κ3) is 22.6. The maximum Gasteiger partial charge on any atom is 0.0537 e. The molecule has 0 radical (unpaired) electrons. The van der Waals surface area contributed by atoms with Gasteiger partial charge in [0.15, 0.2) is 0 Å². The van der Waals surface area contributed by atoms with Gasteiger partial charge in [0.25, 0.3) is 0 Å². The fourth-order valence-electron chi connectivity index (χ4n) is 4.56. The molecule has 0 aromatic heterocycles. The van der Waals surface area contributed by atoms with Crippen LogP contribution in [-0.4, -0.2) is 11.2 Å². The smallest absolute Gasteiger partial charge is 0.0537 e. The van der Waals surface area contributed by atoms with Gasteiger partial charge in [0, 0.05) is 0 Å². The summed E-state index contributed by atoms with van der Waals surface area (Å²) in [7, 11) is 0. The highest BCUT2D eigenvalue weighted by Gasteiger charge is 2.07. The van der Waals surface area contributed by atoms with Gasteiger partial charge in [-0.1, -0.05) is 156 Å². The second kappa shape index (κ2) is 23.6. The van der Waals surface area contributed by atoms with Gasteiger partial charge in [0.2, 0.25) is 0 Å². The summed E-state index contributed by atoms with van der Waals surface area (Å²) in [6, 6.07) is 0. The lowest BCUT2D eigenvalue weighted by Gasteiger charge is -2.14. The zero-order valence-corrected chi connectivity index (χ0v) is 21.7. The van der Waals surface area contributed by atoms with Crippen LogP contribution in [0, 0.1) is 11.8 Å². The number of hydrogen-bond donors (Lipinski definition) is 1. The highest BCUT2D eigenvalue weighted by atomic mass is 16.3. The molecule has 1 heteroatoms. The first-order valence-electron chi connectivity index (χ1n) is 14.3. The third-order valence-corrected chi connectivity index (χ3v) is 7.23. The SMILES string of the molecule is CCCCCCCCCCCCCCCCC(C)CCCCCCC[C@H](C)[C@@H](C)O. The first-order valence-corrected chi connectivity index (χ1v) is 14.3. The molecule has 1 N–H and O–H groups in total. The molecule has 0 bridgehead atoms. The predicted molar refractivity (Wildman–Crippen MR) is 137 cm³/mol. The maximum absolute atomic E-state index is 9.52. The zero-order chi connectivity index (χ0) is 22.3. The summed E-state index contributed by atoms with van der Waals surface area (Å²) in [4.78, 5) is 0. The summed E-state index contributed by atoms with van der Waals surface area (Å²) in [6.45, 7) is 8.86. The van der Waals surface area contributed by atoms with Crippen LogP contribution in [0.1, 0.15) is 169 Å². The van der Waals surface area contributed by atoms with Crippen LogP contribution in [0.4, 0.5) is 0 Å². The van der Waals surface area contributed by atoms with Crippen LogP contribution in [-0.2, 0) is 0 Å². The summed E-state index contributed by atoms with van der Waals surface area (Å²) < 4.78 is 0. The Morgan fingerprint density at radius 1 is 0.433 bits per heavy atom. The van der Waals surface area contributed by atoms with Gasteiger partial charge in [-0.25, -0.2) is 0 Å². The van der Waals surface area contributed by atoms with Gasteiger partial charge in [-0.15, -0.1) is 0 Å². The molecule has 0 amide bonds. The predicted octanol–water partition coefficient (Wildman–Crippen LogP) is 10.2. The lowest BCUT2D eigenvalue weighted by atomic mass is 9.95. The molecule has 1 unspecified atom stereocenters. The van der Waals surface area contributed by atoms with E-state index in [2.05, 4.69) is 20.8 Å². The Morgan fingerprint density at radius 2 is 0.733 bits per heavy atom. The Labute approximate surface area is 192 Å². The molecule has 0 fully saturated rings. The Kier molecular flexibility index (Phi) is 23.6. The second-order valence-corrected chi connectivity index (χ2v) is 10.6. The Morgan fingerprint density at radius 3 is 1.07 bits per heavy atom. The lowest BCUT2D eigenvalue weighted by Crippen LogP contribution is -2.12. The van der Waals surface area contributed by atoms with Crippen molar-refractivity contribution in [1.29, 1.82) is 0 Å². The lowest BCUT2D eigenvalue weighted by molar-refractivity contribution is 0.128. The van der Waals surface area contributed by atoms with Gasteiger partial charge in [0.05, 0.1) is 6.10 Å². The summed E-state index contributed by atoms with van der Waals surface area (Å²) in [5.74, 6) is 1.40. The van der Waals surface area contributed by atoms with E-state index < -0.39 is 0 Å². The Hall–Kier alpha value is -0.0400. The van der Waals surface area contributed by atoms with Gasteiger partial charge < -0.3 is 5.11 Å². The number of hydrogen-bond acceptors (Lipinski definition) is 1. The van der Waals surface area contributed by atoms with E-state index in [1.54, 1.807) is 0 Å². The normalized spacial score (nSPS) is 14.7. The van der Waals surface area contributed by atoms with E-state index in [1.165, 1.54) is 141 Å². The van der Waals surface area contributed by atoms with E-state index in [4.69, 9.17) is 0 Å². The average molecular weight is 425 g/mol. The maximum atomic E-state index is 9.52. The number of aliphatic hydroxyl groups is 1. The molecule has 30 heavy (non-hydrogen) atoms. The highest BCUT2D eigenvalue weighted by Crippen LogP contribution is 2.20. The van der Waals surface area contributed by atoms with Crippen molar-refractivity contribution in [3.05, 3.63) is 0 Å². The minimum Gasteiger partial charge on any atom is -0.393 e. The van der Waals surface area contributed by atoms with E-state index in [1.807, 2.05) is 6.92 Å². The number of rotatable bonds is 24. The van der Waals surface area contributed by atoms with E-state index in [0.29, 0.717) is 5.92 Å². The molecule has 0 aromatic carbocycles. The standard InChI is InChI=1S/C29H60O/c1-5-6-7-8-9-10-11-12-13-14-15-16-18-21-24-27(2)25-22-19-17-20-23-26-28(3)29(4)30/h27-30H,5-26H2,1-4H3/t27?,28-,29+/m0/s1. The van der Waals surface area contributed by atoms with Crippen molar-refractivity contribution in [1.82, 2.24) is 0 Å². The van der Waals surface area contributed by atoms with Crippen molar-refractivity contribution < 1.29 is 5.11 Å². The van der Waals surface area contributed by atoms with Crippen molar-refractivity contribution in [2.45, 2.75) is 175 Å². The van der Waals surface area contributed by atoms with E-state index >= 15 is 0 Å². The number of unbranched alkanes of at least 4 members (excludes halogenated alkanes) is 17. The monoisotopic (exact) mass is 424 g/mol. The van der Waals surface area contributed by atoms with Crippen molar-refractivity contribution >= 4 is 0 Å². The Bertz CT molecular complexity index is 311. The number of aliphatic hydroxyl groups excluding tert-OH is 1. The largest absolute Gasteiger partial charge is 0.393 e. The van der Waals surface area contributed by atoms with Gasteiger partial charge in [-0.3, -0.25) is 0 Å². The molecule has 0 heterocycles. The first-order chi connectivity index (χ1) is 14.6. The van der Waals surface area contributed by atoms with Crippen molar-refractivity contribution in [2.75, 3.05) is 0 Å². The molecule has 3 atom stereocenters. The van der Waals surface area contributed by atoms with Crippen LogP contribution in [0.5, 0.6) is 0 Å². The average Bonchev–Trinajstić information content (AvgIpc) is 2.73. The van der Waals surface area contributed by atoms with Gasteiger partial charge >= 0.3 is 0 Å². The van der Waals surface area contributed by atoms with Gasteiger partial charge in [-0.05, 0) is 25.2 Å². The molecule has 0 aliphatic carbocycles. The molecular weight excluding hydrogens is 364 g/mol. The van der Waals surface area contributed by atoms with Crippen LogP contribution >= 0.6 is 0 Å². The molecule has 0 saturated heterocycles. The minimum atomic E-state index is -0.138. The van der Waals surface area contributed by atoms with Crippen LogP contribution in [0.15, 0.2) is 0 Å². The molecule has 0 aliphatic heterocycles. The highest BCUT2D eigenvalue weighted by molar-refractivity contribution is 4.60.